The number of nitrogens with one attached hydrogen (secondary N) is 3. The van der Waals surface area contributed by atoms with E-state index in [-0.39, 0.29) is 0 Å². The Morgan fingerprint density at radius 2 is 1.74 bits per heavy atom. The van der Waals surface area contributed by atoms with Crippen LogP contribution in [-0.2, 0) is 6.54 Å². The van der Waals surface area contributed by atoms with Crippen LogP contribution in [0.4, 0.5) is 17.3 Å². The number of piperazine rings is 1. The summed E-state index contributed by atoms with van der Waals surface area (Å²) in [7, 11) is 0. The van der Waals surface area contributed by atoms with Crippen molar-refractivity contribution >= 4 is 23.0 Å². The van der Waals surface area contributed by atoms with Gasteiger partial charge in [-0.25, -0.2) is 4.98 Å². The standard InChI is InChI=1S/C23H28N8/c1-17(2)27-28-20-10-8-19(9-11-20)21-26-23(31-14-12-24-13-15-31)22(30-29-21)25-16-18-6-4-3-5-7-18/h3-11,24,28H,12-16H2,1-2H3,(H,25,30). The average Bonchev–Trinajstić information content (AvgIpc) is 2.83. The topological polar surface area (TPSA) is 90.4 Å². The summed E-state index contributed by atoms with van der Waals surface area (Å²) in [4.78, 5) is 7.16. The highest BCUT2D eigenvalue weighted by Gasteiger charge is 2.19. The monoisotopic (exact) mass is 416 g/mol. The lowest BCUT2D eigenvalue weighted by molar-refractivity contribution is 0.584. The van der Waals surface area contributed by atoms with Crippen molar-refractivity contribution in [2.45, 2.75) is 20.4 Å². The van der Waals surface area contributed by atoms with E-state index in [1.54, 1.807) is 0 Å². The molecule has 8 nitrogen and oxygen atoms in total. The molecule has 1 saturated heterocycles. The molecule has 0 bridgehead atoms. The first-order chi connectivity index (χ1) is 15.2. The van der Waals surface area contributed by atoms with E-state index in [2.05, 4.69) is 48.4 Å². The fourth-order valence-corrected chi connectivity index (χ4v) is 3.30. The Morgan fingerprint density at radius 3 is 2.45 bits per heavy atom. The molecule has 1 aromatic heterocycles. The molecule has 2 aromatic carbocycles. The number of rotatable bonds is 7. The molecule has 8 heteroatoms. The van der Waals surface area contributed by atoms with Crippen LogP contribution in [0.1, 0.15) is 19.4 Å². The van der Waals surface area contributed by atoms with Crippen LogP contribution in [0.2, 0.25) is 0 Å². The van der Waals surface area contributed by atoms with Gasteiger partial charge in [-0.1, -0.05) is 30.3 Å². The van der Waals surface area contributed by atoms with Crippen LogP contribution < -0.4 is 21.0 Å². The summed E-state index contributed by atoms with van der Waals surface area (Å²) in [5, 5.41) is 20.0. The Balaban J connectivity index is 1.58. The first-order valence-corrected chi connectivity index (χ1v) is 10.5. The molecule has 0 saturated carbocycles. The van der Waals surface area contributed by atoms with Crippen LogP contribution in [0.15, 0.2) is 59.7 Å². The molecule has 1 aliphatic rings. The van der Waals surface area contributed by atoms with Crippen molar-refractivity contribution in [2.75, 3.05) is 41.8 Å². The number of aromatic nitrogens is 3. The molecular formula is C23H28N8. The first-order valence-electron chi connectivity index (χ1n) is 10.5. The molecule has 0 unspecified atom stereocenters. The number of hydrazone groups is 1. The van der Waals surface area contributed by atoms with E-state index in [0.717, 1.165) is 49.0 Å². The summed E-state index contributed by atoms with van der Waals surface area (Å²) in [6.45, 7) is 8.19. The molecule has 3 N–H and O–H groups in total. The Morgan fingerprint density at radius 1 is 1.00 bits per heavy atom. The molecule has 2 heterocycles. The number of nitrogens with zero attached hydrogens (tertiary/aromatic N) is 5. The van der Waals surface area contributed by atoms with E-state index < -0.39 is 0 Å². The van der Waals surface area contributed by atoms with Crippen molar-refractivity contribution in [1.29, 1.82) is 0 Å². The molecule has 1 fully saturated rings. The summed E-state index contributed by atoms with van der Waals surface area (Å²) < 4.78 is 0. The highest BCUT2D eigenvalue weighted by molar-refractivity contribution is 5.80. The summed E-state index contributed by atoms with van der Waals surface area (Å²) in [5.74, 6) is 2.16. The van der Waals surface area contributed by atoms with Gasteiger partial charge < -0.3 is 15.5 Å². The third-order valence-corrected chi connectivity index (χ3v) is 4.94. The highest BCUT2D eigenvalue weighted by Crippen LogP contribution is 2.26. The van der Waals surface area contributed by atoms with Crippen molar-refractivity contribution in [2.24, 2.45) is 5.10 Å². The van der Waals surface area contributed by atoms with E-state index in [1.165, 1.54) is 5.56 Å². The fraction of sp³-hybridized carbons (Fsp3) is 0.304. The van der Waals surface area contributed by atoms with E-state index >= 15 is 0 Å². The summed E-state index contributed by atoms with van der Waals surface area (Å²) in [6, 6.07) is 18.2. The van der Waals surface area contributed by atoms with Gasteiger partial charge in [0.2, 0.25) is 0 Å². The number of benzene rings is 2. The van der Waals surface area contributed by atoms with Gasteiger partial charge in [-0.05, 0) is 43.7 Å². The Bertz CT molecular complexity index is 1010. The second-order valence-electron chi connectivity index (χ2n) is 7.63. The van der Waals surface area contributed by atoms with Gasteiger partial charge in [0.25, 0.3) is 0 Å². The van der Waals surface area contributed by atoms with Gasteiger partial charge in [0.15, 0.2) is 17.5 Å². The van der Waals surface area contributed by atoms with Gasteiger partial charge in [-0.3, -0.25) is 5.43 Å². The van der Waals surface area contributed by atoms with Crippen LogP contribution >= 0.6 is 0 Å². The van der Waals surface area contributed by atoms with Gasteiger partial charge in [-0.15, -0.1) is 10.2 Å². The van der Waals surface area contributed by atoms with Crippen LogP contribution in [-0.4, -0.2) is 47.1 Å². The fourth-order valence-electron chi connectivity index (χ4n) is 3.30. The molecule has 31 heavy (non-hydrogen) atoms. The molecule has 0 radical (unpaired) electrons. The molecule has 1 aliphatic heterocycles. The molecule has 0 atom stereocenters. The SMILES string of the molecule is CC(C)=NNc1ccc(-c2nnc(NCc3ccccc3)c(N3CCNCC3)n2)cc1. The summed E-state index contributed by atoms with van der Waals surface area (Å²) >= 11 is 0. The third-order valence-electron chi connectivity index (χ3n) is 4.94. The summed E-state index contributed by atoms with van der Waals surface area (Å²) in [6.07, 6.45) is 0. The molecule has 160 valence electrons. The maximum absolute atomic E-state index is 4.90. The summed E-state index contributed by atoms with van der Waals surface area (Å²) in [5.41, 5.74) is 7.03. The number of anilines is 3. The second kappa shape index (κ2) is 9.99. The second-order valence-corrected chi connectivity index (χ2v) is 7.63. The highest BCUT2D eigenvalue weighted by atomic mass is 15.3. The van der Waals surface area contributed by atoms with Crippen molar-refractivity contribution in [3.05, 3.63) is 60.2 Å². The van der Waals surface area contributed by atoms with Crippen molar-refractivity contribution in [3.8, 4) is 11.4 Å². The quantitative estimate of drug-likeness (QED) is 0.402. The van der Waals surface area contributed by atoms with Crippen molar-refractivity contribution in [3.63, 3.8) is 0 Å². The van der Waals surface area contributed by atoms with Gasteiger partial charge in [0.05, 0.1) is 5.69 Å². The van der Waals surface area contributed by atoms with Gasteiger partial charge in [0, 0.05) is 44.0 Å². The molecule has 0 aliphatic carbocycles. The third kappa shape index (κ3) is 5.55. The largest absolute Gasteiger partial charge is 0.361 e. The zero-order valence-corrected chi connectivity index (χ0v) is 18.0. The average molecular weight is 417 g/mol. The minimum atomic E-state index is 0.612. The lowest BCUT2D eigenvalue weighted by Gasteiger charge is -2.29. The smallest absolute Gasteiger partial charge is 0.192 e. The maximum atomic E-state index is 4.90. The maximum Gasteiger partial charge on any atom is 0.192 e. The normalized spacial score (nSPS) is 13.5. The zero-order chi connectivity index (χ0) is 21.5. The van der Waals surface area contributed by atoms with E-state index in [1.807, 2.05) is 56.3 Å². The minimum Gasteiger partial charge on any atom is -0.361 e. The predicted octanol–water partition coefficient (Wildman–Crippen LogP) is 3.37. The number of hydrogen-bond acceptors (Lipinski definition) is 8. The van der Waals surface area contributed by atoms with Crippen molar-refractivity contribution < 1.29 is 0 Å². The van der Waals surface area contributed by atoms with E-state index in [0.29, 0.717) is 18.2 Å². The van der Waals surface area contributed by atoms with Crippen LogP contribution in [0.5, 0.6) is 0 Å². The van der Waals surface area contributed by atoms with Gasteiger partial charge in [0.1, 0.15) is 0 Å². The Kier molecular flexibility index (Phi) is 6.68. The Hall–Kier alpha value is -3.52. The predicted molar refractivity (Wildman–Crippen MR) is 127 cm³/mol. The van der Waals surface area contributed by atoms with Gasteiger partial charge in [-0.2, -0.15) is 5.10 Å². The molecule has 0 amide bonds. The number of hydrogen-bond donors (Lipinski definition) is 3. The lowest BCUT2D eigenvalue weighted by Crippen LogP contribution is -2.44. The van der Waals surface area contributed by atoms with E-state index in [9.17, 15) is 0 Å². The van der Waals surface area contributed by atoms with Crippen LogP contribution in [0.3, 0.4) is 0 Å². The molecule has 0 spiro atoms. The molecular weight excluding hydrogens is 388 g/mol. The first kappa shape index (κ1) is 20.7. The van der Waals surface area contributed by atoms with Crippen molar-refractivity contribution in [1.82, 2.24) is 20.5 Å². The molecule has 4 rings (SSSR count). The minimum absolute atomic E-state index is 0.612. The molecule has 3 aromatic rings. The van der Waals surface area contributed by atoms with E-state index in [4.69, 9.17) is 4.98 Å². The van der Waals surface area contributed by atoms with Crippen LogP contribution in [0, 0.1) is 0 Å². The Labute approximate surface area is 182 Å². The lowest BCUT2D eigenvalue weighted by atomic mass is 10.2. The zero-order valence-electron chi connectivity index (χ0n) is 18.0. The van der Waals surface area contributed by atoms with Crippen LogP contribution in [0.25, 0.3) is 11.4 Å². The van der Waals surface area contributed by atoms with Gasteiger partial charge >= 0.3 is 0 Å².